The lowest BCUT2D eigenvalue weighted by atomic mass is 10.1. The first-order chi connectivity index (χ1) is 10.7. The van der Waals surface area contributed by atoms with E-state index in [2.05, 4.69) is 15.3 Å². The summed E-state index contributed by atoms with van der Waals surface area (Å²) >= 11 is 0. The molecule has 3 rings (SSSR count). The highest BCUT2D eigenvalue weighted by Crippen LogP contribution is 2.05. The Balaban J connectivity index is 1.86. The first kappa shape index (κ1) is 14.0. The lowest BCUT2D eigenvalue weighted by Crippen LogP contribution is -2.15. The van der Waals surface area contributed by atoms with Crippen LogP contribution in [0.15, 0.2) is 64.5 Å². The van der Waals surface area contributed by atoms with Gasteiger partial charge in [-0.3, -0.25) is 0 Å². The fourth-order valence-corrected chi connectivity index (χ4v) is 2.11. The summed E-state index contributed by atoms with van der Waals surface area (Å²) in [5.41, 5.74) is 2.86. The number of nitrogens with zero attached hydrogens (tertiary/aromatic N) is 3. The fourth-order valence-electron chi connectivity index (χ4n) is 2.11. The van der Waals surface area contributed by atoms with Crippen molar-refractivity contribution < 1.29 is 0 Å². The summed E-state index contributed by atoms with van der Waals surface area (Å²) < 4.78 is 1.30. The Labute approximate surface area is 127 Å². The van der Waals surface area contributed by atoms with Gasteiger partial charge in [-0.25, -0.2) is 9.89 Å². The molecule has 0 aliphatic carbocycles. The van der Waals surface area contributed by atoms with Crippen LogP contribution >= 0.6 is 0 Å². The molecule has 0 saturated carbocycles. The van der Waals surface area contributed by atoms with Crippen LogP contribution < -0.4 is 5.69 Å². The van der Waals surface area contributed by atoms with Crippen molar-refractivity contribution in [2.45, 2.75) is 13.3 Å². The molecule has 0 saturated heterocycles. The Kier molecular flexibility index (Phi) is 3.96. The fraction of sp³-hybridized carbons (Fsp3) is 0.118. The molecule has 5 nitrogen and oxygen atoms in total. The van der Waals surface area contributed by atoms with Crippen molar-refractivity contribution in [2.24, 2.45) is 5.10 Å². The molecule has 3 aromatic rings. The molecule has 0 spiro atoms. The number of H-pyrrole nitrogens is 1. The molecule has 2 aromatic carbocycles. The van der Waals surface area contributed by atoms with E-state index in [1.54, 1.807) is 6.21 Å². The van der Waals surface area contributed by atoms with Crippen LogP contribution in [0, 0.1) is 6.92 Å². The predicted octanol–water partition coefficient (Wildman–Crippen LogP) is 2.35. The van der Waals surface area contributed by atoms with Crippen molar-refractivity contribution in [1.29, 1.82) is 0 Å². The molecule has 0 aliphatic heterocycles. The van der Waals surface area contributed by atoms with Crippen LogP contribution in [0.2, 0.25) is 0 Å². The lowest BCUT2D eigenvalue weighted by Gasteiger charge is -2.00. The normalized spacial score (nSPS) is 11.1. The summed E-state index contributed by atoms with van der Waals surface area (Å²) in [4.78, 5) is 11.8. The summed E-state index contributed by atoms with van der Waals surface area (Å²) in [7, 11) is 0. The number of aromatic amines is 1. The third-order valence-corrected chi connectivity index (χ3v) is 3.32. The molecule has 1 heterocycles. The van der Waals surface area contributed by atoms with E-state index in [4.69, 9.17) is 0 Å². The van der Waals surface area contributed by atoms with Crippen molar-refractivity contribution in [3.8, 4) is 0 Å². The van der Waals surface area contributed by atoms with E-state index in [9.17, 15) is 4.79 Å². The van der Waals surface area contributed by atoms with Gasteiger partial charge in [0.05, 0.1) is 6.21 Å². The molecular weight excluding hydrogens is 276 g/mol. The standard InChI is InChI=1S/C17H16N4O/c1-13-7-9-15(10-8-13)12-18-21-16(19-20-17(21)22)11-14-5-3-2-4-6-14/h2-10,12H,11H2,1H3,(H,20,22)/b18-12-. The average Bonchev–Trinajstić information content (AvgIpc) is 2.88. The molecule has 0 bridgehead atoms. The molecule has 1 N–H and O–H groups in total. The Morgan fingerprint density at radius 1 is 1.14 bits per heavy atom. The summed E-state index contributed by atoms with van der Waals surface area (Å²) in [5, 5.41) is 10.7. The number of rotatable bonds is 4. The van der Waals surface area contributed by atoms with Gasteiger partial charge in [-0.05, 0) is 18.1 Å². The highest BCUT2D eigenvalue weighted by Gasteiger charge is 2.07. The van der Waals surface area contributed by atoms with Crippen LogP contribution in [-0.2, 0) is 6.42 Å². The van der Waals surface area contributed by atoms with Gasteiger partial charge in [-0.15, -0.1) is 0 Å². The lowest BCUT2D eigenvalue weighted by molar-refractivity contribution is 0.775. The van der Waals surface area contributed by atoms with Crippen molar-refractivity contribution in [1.82, 2.24) is 14.9 Å². The Hall–Kier alpha value is -2.95. The van der Waals surface area contributed by atoms with Gasteiger partial charge in [0.25, 0.3) is 0 Å². The van der Waals surface area contributed by atoms with Gasteiger partial charge in [0, 0.05) is 6.42 Å². The highest BCUT2D eigenvalue weighted by atomic mass is 16.2. The average molecular weight is 292 g/mol. The molecule has 0 aliphatic rings. The third-order valence-electron chi connectivity index (χ3n) is 3.32. The summed E-state index contributed by atoms with van der Waals surface area (Å²) in [6, 6.07) is 17.8. The van der Waals surface area contributed by atoms with Gasteiger partial charge in [-0.1, -0.05) is 60.2 Å². The Morgan fingerprint density at radius 2 is 1.86 bits per heavy atom. The number of benzene rings is 2. The number of nitrogens with one attached hydrogen (secondary N) is 1. The Morgan fingerprint density at radius 3 is 2.59 bits per heavy atom. The number of aromatic nitrogens is 3. The number of aryl methyl sites for hydroxylation is 1. The highest BCUT2D eigenvalue weighted by molar-refractivity contribution is 5.79. The van der Waals surface area contributed by atoms with Gasteiger partial charge in [-0.2, -0.15) is 14.9 Å². The second-order valence-electron chi connectivity index (χ2n) is 5.07. The van der Waals surface area contributed by atoms with Crippen LogP contribution in [0.5, 0.6) is 0 Å². The topological polar surface area (TPSA) is 63.0 Å². The van der Waals surface area contributed by atoms with Crippen molar-refractivity contribution in [3.05, 3.63) is 87.6 Å². The molecule has 0 amide bonds. The van der Waals surface area contributed by atoms with E-state index in [-0.39, 0.29) is 5.69 Å². The zero-order chi connectivity index (χ0) is 15.4. The van der Waals surface area contributed by atoms with Crippen molar-refractivity contribution in [3.63, 3.8) is 0 Å². The molecule has 0 atom stereocenters. The molecule has 5 heteroatoms. The van der Waals surface area contributed by atoms with Gasteiger partial charge in [0.1, 0.15) is 0 Å². The zero-order valence-electron chi connectivity index (χ0n) is 12.2. The zero-order valence-corrected chi connectivity index (χ0v) is 12.2. The predicted molar refractivity (Wildman–Crippen MR) is 86.3 cm³/mol. The molecule has 22 heavy (non-hydrogen) atoms. The maximum atomic E-state index is 11.8. The smallest absolute Gasteiger partial charge is 0.244 e. The summed E-state index contributed by atoms with van der Waals surface area (Å²) in [6.07, 6.45) is 2.20. The van der Waals surface area contributed by atoms with E-state index >= 15 is 0 Å². The van der Waals surface area contributed by atoms with E-state index in [1.807, 2.05) is 61.5 Å². The minimum Gasteiger partial charge on any atom is -0.244 e. The van der Waals surface area contributed by atoms with E-state index < -0.39 is 0 Å². The van der Waals surface area contributed by atoms with E-state index in [1.165, 1.54) is 10.2 Å². The molecule has 0 radical (unpaired) electrons. The van der Waals surface area contributed by atoms with E-state index in [0.717, 1.165) is 11.1 Å². The number of hydrogen-bond donors (Lipinski definition) is 1. The summed E-state index contributed by atoms with van der Waals surface area (Å²) in [6.45, 7) is 2.03. The van der Waals surface area contributed by atoms with Crippen LogP contribution in [0.1, 0.15) is 22.5 Å². The van der Waals surface area contributed by atoms with Crippen LogP contribution in [-0.4, -0.2) is 21.1 Å². The van der Waals surface area contributed by atoms with Crippen molar-refractivity contribution in [2.75, 3.05) is 0 Å². The largest absolute Gasteiger partial charge is 0.364 e. The van der Waals surface area contributed by atoms with Crippen LogP contribution in [0.3, 0.4) is 0 Å². The Bertz CT molecular complexity index is 829. The molecule has 110 valence electrons. The maximum absolute atomic E-state index is 11.8. The number of hydrogen-bond acceptors (Lipinski definition) is 3. The van der Waals surface area contributed by atoms with Gasteiger partial charge >= 0.3 is 5.69 Å². The first-order valence-electron chi connectivity index (χ1n) is 7.03. The van der Waals surface area contributed by atoms with Gasteiger partial charge in [0.2, 0.25) is 0 Å². The second kappa shape index (κ2) is 6.22. The van der Waals surface area contributed by atoms with E-state index in [0.29, 0.717) is 12.2 Å². The maximum Gasteiger partial charge on any atom is 0.364 e. The molecule has 0 fully saturated rings. The van der Waals surface area contributed by atoms with Crippen LogP contribution in [0.4, 0.5) is 0 Å². The molecule has 0 unspecified atom stereocenters. The minimum absolute atomic E-state index is 0.339. The minimum atomic E-state index is -0.339. The second-order valence-corrected chi connectivity index (χ2v) is 5.07. The van der Waals surface area contributed by atoms with Crippen molar-refractivity contribution >= 4 is 6.21 Å². The van der Waals surface area contributed by atoms with Gasteiger partial charge < -0.3 is 0 Å². The monoisotopic (exact) mass is 292 g/mol. The molecular formula is C17H16N4O. The van der Waals surface area contributed by atoms with Gasteiger partial charge in [0.15, 0.2) is 5.82 Å². The van der Waals surface area contributed by atoms with Crippen LogP contribution in [0.25, 0.3) is 0 Å². The third kappa shape index (κ3) is 3.20. The SMILES string of the molecule is Cc1ccc(/C=N\n2c(Cc3ccccc3)n[nH]c2=O)cc1. The first-order valence-corrected chi connectivity index (χ1v) is 7.03. The molecule has 1 aromatic heterocycles. The quantitative estimate of drug-likeness (QED) is 0.750. The summed E-state index contributed by atoms with van der Waals surface area (Å²) in [5.74, 6) is 0.583.